The summed E-state index contributed by atoms with van der Waals surface area (Å²) in [6.45, 7) is 0. The number of rotatable bonds is 14. The van der Waals surface area contributed by atoms with E-state index in [-0.39, 0.29) is 11.8 Å². The largest absolute Gasteiger partial charge is 0.388 e. The Morgan fingerprint density at radius 3 is 1.11 bits per heavy atom. The standard InChI is InChI=1S/C22H27NO2.2C22H25N/c1-23-19(15-21(24)17-9-4-2-5-10-17)13-8-14-20(23)16-22(25)18-11-6-3-7-12-18;2*1-23-21(17-15-19-9-4-2-5-10-19)13-8-14-22(23)18-16-20-11-6-3-7-12-20/h2-7,9-12,19-21,24H,8,13-16H2,1H3;2*2-7,9-12,15-18,21-22H,8,13-14H2,1H3/b;2*17-15+,18-16+/t19-,20+,21-;21-,22+;21-,22-/m0.0/s1. The smallest absolute Gasteiger partial charge is 0.164 e. The zero-order chi connectivity index (χ0) is 49.5. The van der Waals surface area contributed by atoms with Gasteiger partial charge in [0.2, 0.25) is 0 Å². The first kappa shape index (κ1) is 52.6. The summed E-state index contributed by atoms with van der Waals surface area (Å²) in [4.78, 5) is 19.9. The topological polar surface area (TPSA) is 47.0 Å². The van der Waals surface area contributed by atoms with Crippen LogP contribution in [0.15, 0.2) is 206 Å². The van der Waals surface area contributed by atoms with Crippen molar-refractivity contribution in [2.75, 3.05) is 21.1 Å². The number of aliphatic hydroxyl groups excluding tert-OH is 1. The predicted molar refractivity (Wildman–Crippen MR) is 301 cm³/mol. The molecule has 9 rings (SSSR count). The summed E-state index contributed by atoms with van der Waals surface area (Å²) >= 11 is 0. The average molecular weight is 944 g/mol. The van der Waals surface area contributed by atoms with Gasteiger partial charge in [0.15, 0.2) is 5.78 Å². The van der Waals surface area contributed by atoms with Crippen LogP contribution in [0.4, 0.5) is 0 Å². The van der Waals surface area contributed by atoms with Crippen LogP contribution in [0.3, 0.4) is 0 Å². The average Bonchev–Trinajstić information content (AvgIpc) is 3.42. The van der Waals surface area contributed by atoms with E-state index >= 15 is 0 Å². The van der Waals surface area contributed by atoms with E-state index in [0.29, 0.717) is 36.6 Å². The maximum absolute atomic E-state index is 12.5. The number of piperidine rings is 3. The van der Waals surface area contributed by atoms with Crippen molar-refractivity contribution >= 4 is 30.1 Å². The van der Waals surface area contributed by atoms with Gasteiger partial charge in [0.05, 0.1) is 6.10 Å². The van der Waals surface area contributed by atoms with Crippen molar-refractivity contribution in [1.82, 2.24) is 14.7 Å². The quantitative estimate of drug-likeness (QED) is 0.110. The second kappa shape index (κ2) is 28.6. The van der Waals surface area contributed by atoms with E-state index in [1.807, 2.05) is 60.7 Å². The summed E-state index contributed by atoms with van der Waals surface area (Å²) in [6, 6.07) is 64.3. The summed E-state index contributed by atoms with van der Waals surface area (Å²) < 4.78 is 0. The summed E-state index contributed by atoms with van der Waals surface area (Å²) in [5.74, 6) is 0.210. The van der Waals surface area contributed by atoms with Gasteiger partial charge in [-0.1, -0.05) is 237 Å². The molecule has 0 saturated carbocycles. The minimum atomic E-state index is -0.447. The molecule has 5 heteroatoms. The van der Waals surface area contributed by atoms with Crippen molar-refractivity contribution in [2.45, 2.75) is 113 Å². The number of likely N-dealkylation sites (N-methyl/N-ethyl adjacent to an activating group) is 2. The normalized spacial score (nSPS) is 22.7. The number of likely N-dealkylation sites (tertiary alicyclic amines) is 3. The number of hydrogen-bond acceptors (Lipinski definition) is 5. The van der Waals surface area contributed by atoms with Gasteiger partial charge in [-0.05, 0) is 107 Å². The van der Waals surface area contributed by atoms with Gasteiger partial charge in [-0.2, -0.15) is 0 Å². The third-order valence-electron chi connectivity index (χ3n) is 14.8. The van der Waals surface area contributed by atoms with Crippen molar-refractivity contribution in [1.29, 1.82) is 0 Å². The van der Waals surface area contributed by atoms with Gasteiger partial charge >= 0.3 is 0 Å². The Labute approximate surface area is 426 Å². The van der Waals surface area contributed by atoms with E-state index in [4.69, 9.17) is 0 Å². The second-order valence-electron chi connectivity index (χ2n) is 19.6. The molecule has 0 unspecified atom stereocenters. The van der Waals surface area contributed by atoms with Crippen LogP contribution in [0.5, 0.6) is 0 Å². The molecule has 0 radical (unpaired) electrons. The molecule has 0 aliphatic carbocycles. The van der Waals surface area contributed by atoms with Gasteiger partial charge in [0.1, 0.15) is 0 Å². The van der Waals surface area contributed by atoms with Gasteiger partial charge in [0.25, 0.3) is 0 Å². The number of benzene rings is 6. The number of ketones is 1. The summed E-state index contributed by atoms with van der Waals surface area (Å²) in [6.07, 6.45) is 30.1. The molecule has 3 fully saturated rings. The summed E-state index contributed by atoms with van der Waals surface area (Å²) in [7, 11) is 6.60. The van der Waals surface area contributed by atoms with Gasteiger partial charge in [0, 0.05) is 48.2 Å². The first-order chi connectivity index (χ1) is 34.8. The first-order valence-corrected chi connectivity index (χ1v) is 26.2. The van der Waals surface area contributed by atoms with Gasteiger partial charge in [-0.3, -0.25) is 19.5 Å². The van der Waals surface area contributed by atoms with Crippen LogP contribution in [0.25, 0.3) is 24.3 Å². The number of hydrogen-bond donors (Lipinski definition) is 1. The van der Waals surface area contributed by atoms with E-state index in [1.54, 1.807) is 0 Å². The minimum Gasteiger partial charge on any atom is -0.388 e. The highest BCUT2D eigenvalue weighted by Gasteiger charge is 2.31. The molecule has 6 aromatic carbocycles. The molecular formula is C66H77N3O2. The first-order valence-electron chi connectivity index (χ1n) is 26.2. The van der Waals surface area contributed by atoms with Gasteiger partial charge in [-0.15, -0.1) is 0 Å². The number of nitrogens with zero attached hydrogens (tertiary/aromatic N) is 3. The lowest BCUT2D eigenvalue weighted by atomic mass is 9.88. The van der Waals surface area contributed by atoms with Crippen molar-refractivity contribution in [3.8, 4) is 0 Å². The molecule has 0 bridgehead atoms. The molecule has 3 aliphatic rings. The lowest BCUT2D eigenvalue weighted by molar-refractivity contribution is 0.0549. The lowest BCUT2D eigenvalue weighted by Gasteiger charge is -2.40. The van der Waals surface area contributed by atoms with E-state index in [0.717, 1.165) is 36.8 Å². The molecule has 6 aromatic rings. The van der Waals surface area contributed by atoms with Crippen LogP contribution in [0, 0.1) is 0 Å². The fourth-order valence-electron chi connectivity index (χ4n) is 10.3. The Hall–Kier alpha value is -6.21. The Balaban J connectivity index is 0.000000157. The number of carbonyl (C=O) groups excluding carboxylic acids is 1. The van der Waals surface area contributed by atoms with Crippen molar-refractivity contribution < 1.29 is 9.90 Å². The van der Waals surface area contributed by atoms with E-state index in [2.05, 4.69) is 206 Å². The Kier molecular flexibility index (Phi) is 21.2. The molecule has 0 aromatic heterocycles. The number of aliphatic hydroxyl groups is 1. The van der Waals surface area contributed by atoms with Crippen LogP contribution < -0.4 is 0 Å². The van der Waals surface area contributed by atoms with Crippen molar-refractivity contribution in [3.63, 3.8) is 0 Å². The van der Waals surface area contributed by atoms with Crippen LogP contribution in [-0.4, -0.2) is 83.0 Å². The van der Waals surface area contributed by atoms with Gasteiger partial charge < -0.3 is 5.11 Å². The van der Waals surface area contributed by atoms with E-state index < -0.39 is 6.10 Å². The van der Waals surface area contributed by atoms with Crippen LogP contribution >= 0.6 is 0 Å². The molecule has 368 valence electrons. The molecule has 7 atom stereocenters. The molecule has 1 N–H and O–H groups in total. The third kappa shape index (κ3) is 17.0. The molecule has 3 saturated heterocycles. The highest BCUT2D eigenvalue weighted by Crippen LogP contribution is 2.31. The monoisotopic (exact) mass is 944 g/mol. The van der Waals surface area contributed by atoms with Crippen LogP contribution in [0.2, 0.25) is 0 Å². The molecule has 5 nitrogen and oxygen atoms in total. The van der Waals surface area contributed by atoms with E-state index in [9.17, 15) is 9.90 Å². The highest BCUT2D eigenvalue weighted by molar-refractivity contribution is 5.96. The second-order valence-corrected chi connectivity index (χ2v) is 19.6. The lowest BCUT2D eigenvalue weighted by Crippen LogP contribution is -2.45. The minimum absolute atomic E-state index is 0.210. The zero-order valence-corrected chi connectivity index (χ0v) is 42.5. The van der Waals surface area contributed by atoms with Crippen LogP contribution in [0.1, 0.15) is 115 Å². The van der Waals surface area contributed by atoms with Crippen molar-refractivity contribution in [3.05, 3.63) is 240 Å². The predicted octanol–water partition coefficient (Wildman–Crippen LogP) is 14.8. The fourth-order valence-corrected chi connectivity index (χ4v) is 10.3. The van der Waals surface area contributed by atoms with Gasteiger partial charge in [-0.25, -0.2) is 0 Å². The summed E-state index contributed by atoms with van der Waals surface area (Å²) in [5.41, 5.74) is 6.89. The SMILES string of the molecule is CN1[C@@H](CC(=O)c2ccccc2)CCC[C@H]1C[C@H](O)c1ccccc1.CN1[C@H](/C=C/c2ccccc2)CCC[C@@H]1/C=C/c1ccccc1.CN1[C@H](/C=C/c2ccccc2)CCC[C@H]1/C=C/c1ccccc1. The molecule has 71 heavy (non-hydrogen) atoms. The number of Topliss-reactive ketones (excluding diaryl/α,β-unsaturated/α-hetero) is 1. The third-order valence-corrected chi connectivity index (χ3v) is 14.8. The van der Waals surface area contributed by atoms with E-state index in [1.165, 1.54) is 60.8 Å². The maximum atomic E-state index is 12.5. The fraction of sp³-hybridized carbons (Fsp3) is 0.318. The Morgan fingerprint density at radius 1 is 0.437 bits per heavy atom. The molecule has 0 spiro atoms. The molecule has 0 amide bonds. The highest BCUT2D eigenvalue weighted by atomic mass is 16.3. The zero-order valence-electron chi connectivity index (χ0n) is 42.5. The maximum Gasteiger partial charge on any atom is 0.164 e. The van der Waals surface area contributed by atoms with Crippen LogP contribution in [-0.2, 0) is 0 Å². The number of carbonyl (C=O) groups is 1. The van der Waals surface area contributed by atoms with Crippen molar-refractivity contribution in [2.24, 2.45) is 0 Å². The summed E-state index contributed by atoms with van der Waals surface area (Å²) in [5, 5.41) is 10.5. The molecular weight excluding hydrogens is 867 g/mol. The molecule has 3 aliphatic heterocycles. The Morgan fingerprint density at radius 2 is 0.746 bits per heavy atom. The Bertz CT molecular complexity index is 2290. The molecule has 3 heterocycles.